The fourth-order valence-electron chi connectivity index (χ4n) is 3.72. The lowest BCUT2D eigenvalue weighted by Gasteiger charge is -2.15. The van der Waals surface area contributed by atoms with Gasteiger partial charge in [0.05, 0.1) is 12.1 Å². The molecule has 1 N–H and O–H groups in total. The Morgan fingerprint density at radius 2 is 2.04 bits per heavy atom. The third-order valence-corrected chi connectivity index (χ3v) is 6.17. The number of thiazole rings is 1. The van der Waals surface area contributed by atoms with E-state index in [9.17, 15) is 14.7 Å². The Bertz CT molecular complexity index is 801. The lowest BCUT2D eigenvalue weighted by atomic mass is 9.89. The molecule has 2 aliphatic heterocycles. The molecule has 26 heavy (non-hydrogen) atoms. The zero-order valence-electron chi connectivity index (χ0n) is 14.2. The van der Waals surface area contributed by atoms with Crippen LogP contribution in [0.5, 0.6) is 0 Å². The molecule has 2 saturated heterocycles. The summed E-state index contributed by atoms with van der Waals surface area (Å²) in [7, 11) is 0. The van der Waals surface area contributed by atoms with Crippen molar-refractivity contribution in [1.29, 1.82) is 0 Å². The summed E-state index contributed by atoms with van der Waals surface area (Å²) in [6.07, 6.45) is 3.53. The van der Waals surface area contributed by atoms with Crippen molar-refractivity contribution in [1.82, 2.24) is 9.88 Å². The van der Waals surface area contributed by atoms with Gasteiger partial charge in [-0.25, -0.2) is 4.98 Å². The minimum absolute atomic E-state index is 0.0102. The molecular weight excluding hydrogens is 352 g/mol. The minimum atomic E-state index is -0.862. The summed E-state index contributed by atoms with van der Waals surface area (Å²) in [5.74, 6) is -1.79. The molecule has 3 atom stereocenters. The number of likely N-dealkylation sites (tertiary alicyclic amines) is 1. The van der Waals surface area contributed by atoms with Crippen LogP contribution in [0.2, 0.25) is 0 Å². The smallest absolute Gasteiger partial charge is 0.308 e. The molecule has 136 valence electrons. The number of benzene rings is 1. The molecule has 3 heterocycles. The summed E-state index contributed by atoms with van der Waals surface area (Å²) >= 11 is 1.36. The Kier molecular flexibility index (Phi) is 4.74. The Morgan fingerprint density at radius 1 is 1.23 bits per heavy atom. The van der Waals surface area contributed by atoms with E-state index < -0.39 is 11.9 Å². The third kappa shape index (κ3) is 3.24. The first-order valence-electron chi connectivity index (χ1n) is 8.78. The highest BCUT2D eigenvalue weighted by Crippen LogP contribution is 2.35. The number of aromatic nitrogens is 1. The number of nitrogens with zero attached hydrogens (tertiary/aromatic N) is 2. The van der Waals surface area contributed by atoms with Gasteiger partial charge in [-0.05, 0) is 18.4 Å². The first-order valence-corrected chi connectivity index (χ1v) is 9.59. The number of ether oxygens (including phenoxy) is 1. The van der Waals surface area contributed by atoms with Crippen molar-refractivity contribution in [3.8, 4) is 0 Å². The highest BCUT2D eigenvalue weighted by molar-refractivity contribution is 7.13. The number of hydrogen-bond donors (Lipinski definition) is 1. The molecule has 0 spiro atoms. The van der Waals surface area contributed by atoms with E-state index in [1.807, 2.05) is 30.3 Å². The Hall–Kier alpha value is -2.25. The second-order valence-electron chi connectivity index (χ2n) is 6.74. The zero-order chi connectivity index (χ0) is 18.1. The van der Waals surface area contributed by atoms with E-state index >= 15 is 0 Å². The van der Waals surface area contributed by atoms with E-state index in [1.165, 1.54) is 11.3 Å². The summed E-state index contributed by atoms with van der Waals surface area (Å²) in [6.45, 7) is 1.37. The summed E-state index contributed by atoms with van der Waals surface area (Å²) in [4.78, 5) is 31.1. The third-order valence-electron chi connectivity index (χ3n) is 5.09. The van der Waals surface area contributed by atoms with Crippen molar-refractivity contribution in [2.24, 2.45) is 5.92 Å². The van der Waals surface area contributed by atoms with Gasteiger partial charge in [0.25, 0.3) is 5.91 Å². The van der Waals surface area contributed by atoms with Crippen LogP contribution in [0.25, 0.3) is 0 Å². The van der Waals surface area contributed by atoms with Crippen LogP contribution in [0.15, 0.2) is 36.5 Å². The van der Waals surface area contributed by atoms with Crippen LogP contribution in [0.4, 0.5) is 0 Å². The number of hydrogen-bond acceptors (Lipinski definition) is 5. The summed E-state index contributed by atoms with van der Waals surface area (Å²) in [5.41, 5.74) is 0.958. The molecule has 2 aromatic rings. The number of amides is 1. The summed E-state index contributed by atoms with van der Waals surface area (Å²) in [5, 5.41) is 10.4. The quantitative estimate of drug-likeness (QED) is 0.893. The van der Waals surface area contributed by atoms with Crippen molar-refractivity contribution < 1.29 is 19.4 Å². The van der Waals surface area contributed by atoms with Crippen LogP contribution < -0.4 is 0 Å². The van der Waals surface area contributed by atoms with Crippen molar-refractivity contribution in [3.63, 3.8) is 0 Å². The monoisotopic (exact) mass is 372 g/mol. The van der Waals surface area contributed by atoms with Crippen LogP contribution in [0.1, 0.15) is 45.1 Å². The highest BCUT2D eigenvalue weighted by Gasteiger charge is 2.41. The summed E-state index contributed by atoms with van der Waals surface area (Å²) < 4.78 is 5.63. The Morgan fingerprint density at radius 3 is 2.73 bits per heavy atom. The van der Waals surface area contributed by atoms with Crippen molar-refractivity contribution >= 4 is 23.2 Å². The van der Waals surface area contributed by atoms with Crippen molar-refractivity contribution in [2.45, 2.75) is 24.9 Å². The van der Waals surface area contributed by atoms with Crippen LogP contribution in [-0.2, 0) is 9.53 Å². The molecule has 1 aromatic carbocycles. The van der Waals surface area contributed by atoms with E-state index in [4.69, 9.17) is 4.74 Å². The zero-order valence-corrected chi connectivity index (χ0v) is 15.0. The molecule has 1 amide bonds. The molecule has 7 heteroatoms. The van der Waals surface area contributed by atoms with Gasteiger partial charge in [0.2, 0.25) is 0 Å². The predicted molar refractivity (Wildman–Crippen MR) is 96.3 cm³/mol. The van der Waals surface area contributed by atoms with Gasteiger partial charge in [-0.3, -0.25) is 9.59 Å². The van der Waals surface area contributed by atoms with Gasteiger partial charge >= 0.3 is 5.97 Å². The van der Waals surface area contributed by atoms with Crippen LogP contribution in [0.3, 0.4) is 0 Å². The molecule has 1 unspecified atom stereocenters. The Labute approximate surface area is 155 Å². The molecule has 0 aliphatic carbocycles. The van der Waals surface area contributed by atoms with E-state index in [-0.39, 0.29) is 24.5 Å². The van der Waals surface area contributed by atoms with Gasteiger partial charge < -0.3 is 14.7 Å². The van der Waals surface area contributed by atoms with Crippen molar-refractivity contribution in [2.75, 3.05) is 19.7 Å². The topological polar surface area (TPSA) is 79.7 Å². The molecule has 6 nitrogen and oxygen atoms in total. The first-order chi connectivity index (χ1) is 12.6. The second kappa shape index (κ2) is 7.17. The molecule has 4 rings (SSSR count). The molecule has 1 aromatic heterocycles. The van der Waals surface area contributed by atoms with Gasteiger partial charge in [0.15, 0.2) is 0 Å². The van der Waals surface area contributed by atoms with Gasteiger partial charge in [-0.1, -0.05) is 30.3 Å². The number of carbonyl (C=O) groups excluding carboxylic acids is 1. The fraction of sp³-hybridized carbons (Fsp3) is 0.421. The number of rotatable bonds is 4. The normalized spacial score (nSPS) is 25.5. The molecule has 0 saturated carbocycles. The van der Waals surface area contributed by atoms with Gasteiger partial charge in [0, 0.05) is 25.6 Å². The molecule has 0 radical (unpaired) electrons. The highest BCUT2D eigenvalue weighted by atomic mass is 32.1. The van der Waals surface area contributed by atoms with Crippen LogP contribution >= 0.6 is 11.3 Å². The largest absolute Gasteiger partial charge is 0.481 e. The van der Waals surface area contributed by atoms with E-state index in [2.05, 4.69) is 4.98 Å². The Balaban J connectivity index is 1.52. The van der Waals surface area contributed by atoms with Gasteiger partial charge in [-0.15, -0.1) is 11.3 Å². The lowest BCUT2D eigenvalue weighted by molar-refractivity contribution is -0.141. The van der Waals surface area contributed by atoms with Crippen molar-refractivity contribution in [3.05, 3.63) is 52.0 Å². The fourth-order valence-corrected chi connectivity index (χ4v) is 4.69. The molecule has 2 aliphatic rings. The van der Waals surface area contributed by atoms with Crippen LogP contribution in [0, 0.1) is 5.92 Å². The molecular formula is C19H20N2O4S. The predicted octanol–water partition coefficient (Wildman–Crippen LogP) is 2.94. The first kappa shape index (κ1) is 17.2. The lowest BCUT2D eigenvalue weighted by Crippen LogP contribution is -2.29. The van der Waals surface area contributed by atoms with Gasteiger partial charge in [0.1, 0.15) is 16.0 Å². The number of carboxylic acid groups (broad SMARTS) is 1. The van der Waals surface area contributed by atoms with E-state index in [0.29, 0.717) is 11.4 Å². The minimum Gasteiger partial charge on any atom is -0.481 e. The van der Waals surface area contributed by atoms with Gasteiger partial charge in [-0.2, -0.15) is 0 Å². The summed E-state index contributed by atoms with van der Waals surface area (Å²) in [6, 6.07) is 9.56. The molecule has 0 bridgehead atoms. The van der Waals surface area contributed by atoms with E-state index in [0.717, 1.165) is 30.0 Å². The van der Waals surface area contributed by atoms with E-state index in [1.54, 1.807) is 11.1 Å². The van der Waals surface area contributed by atoms with Crippen LogP contribution in [-0.4, -0.2) is 46.6 Å². The maximum absolute atomic E-state index is 12.9. The number of aliphatic carboxylic acids is 1. The average molecular weight is 372 g/mol. The number of carboxylic acids is 1. The molecule has 2 fully saturated rings. The second-order valence-corrected chi connectivity index (χ2v) is 7.80. The maximum Gasteiger partial charge on any atom is 0.308 e. The SMILES string of the molecule is O=C(O)[C@@H]1CN(C(=O)c2cnc(C3CCCO3)s2)C[C@@H]1c1ccccc1. The average Bonchev–Trinajstić information content (AvgIpc) is 3.41. The number of carbonyl (C=O) groups is 2. The maximum atomic E-state index is 12.9. The standard InChI is InChI=1S/C19H20N2O4S/c22-18(16-9-20-17(26-16)15-7-4-8-25-15)21-10-13(14(11-21)19(23)24)12-5-2-1-3-6-12/h1-3,5-6,9,13-15H,4,7-8,10-11H2,(H,23,24)/t13-,14-,15?/m1/s1.